The van der Waals surface area contributed by atoms with E-state index in [-0.39, 0.29) is 17.9 Å². The van der Waals surface area contributed by atoms with Gasteiger partial charge in [-0.25, -0.2) is 0 Å². The molecule has 4 rings (SSSR count). The second-order valence-electron chi connectivity index (χ2n) is 8.12. The summed E-state index contributed by atoms with van der Waals surface area (Å²) < 4.78 is 0. The number of nitriles is 1. The molecule has 2 aromatic rings. The van der Waals surface area contributed by atoms with Crippen molar-refractivity contribution in [3.8, 4) is 6.07 Å². The molecule has 1 aromatic carbocycles. The second-order valence-corrected chi connectivity index (χ2v) is 8.12. The van der Waals surface area contributed by atoms with Crippen molar-refractivity contribution in [3.05, 3.63) is 36.0 Å². The summed E-state index contributed by atoms with van der Waals surface area (Å²) in [6.45, 7) is 5.82. The molecule has 2 saturated heterocycles. The van der Waals surface area contributed by atoms with Gasteiger partial charge in [0.1, 0.15) is 6.07 Å². The minimum absolute atomic E-state index is 0.131. The van der Waals surface area contributed by atoms with E-state index < -0.39 is 0 Å². The lowest BCUT2D eigenvalue weighted by molar-refractivity contribution is -0.126. The van der Waals surface area contributed by atoms with Gasteiger partial charge in [0.15, 0.2) is 0 Å². The average Bonchev–Trinajstić information content (AvgIpc) is 2.73. The Morgan fingerprint density at radius 3 is 2.89 bits per heavy atom. The van der Waals surface area contributed by atoms with Gasteiger partial charge in [-0.2, -0.15) is 5.26 Å². The van der Waals surface area contributed by atoms with Gasteiger partial charge in [-0.15, -0.1) is 0 Å². The van der Waals surface area contributed by atoms with Gasteiger partial charge in [0, 0.05) is 42.3 Å². The number of rotatable bonds is 3. The number of nitrogens with one attached hydrogen (secondary N) is 2. The van der Waals surface area contributed by atoms with Crippen LogP contribution < -0.4 is 15.5 Å². The highest BCUT2D eigenvalue weighted by atomic mass is 16.2. The molecule has 2 atom stereocenters. The van der Waals surface area contributed by atoms with Gasteiger partial charge in [-0.1, -0.05) is 6.92 Å². The highest BCUT2D eigenvalue weighted by Crippen LogP contribution is 2.31. The summed E-state index contributed by atoms with van der Waals surface area (Å²) in [5, 5.41) is 17.0. The molecule has 2 fully saturated rings. The lowest BCUT2D eigenvalue weighted by Crippen LogP contribution is -2.52. The van der Waals surface area contributed by atoms with Crippen LogP contribution in [0.4, 0.5) is 5.69 Å². The summed E-state index contributed by atoms with van der Waals surface area (Å²) in [4.78, 5) is 19.5. The maximum atomic E-state index is 12.7. The third-order valence-corrected chi connectivity index (χ3v) is 5.92. The standard InChI is InChI=1S/C22H27N5O/c1-15-11-18(26-22(28)16-6-9-24-10-7-16)14-27(13-15)20-5-4-17(12-23)21-19(20)3-2-8-25-21/h2-5,8,15-16,18,24H,6-7,9-11,13-14H2,1H3,(H,26,28)/t15-,18+/m0/s1. The van der Waals surface area contributed by atoms with Crippen molar-refractivity contribution in [1.29, 1.82) is 5.26 Å². The molecule has 1 aromatic heterocycles. The highest BCUT2D eigenvalue weighted by molar-refractivity contribution is 5.95. The normalized spacial score (nSPS) is 23.4. The van der Waals surface area contributed by atoms with E-state index in [0.717, 1.165) is 62.0 Å². The van der Waals surface area contributed by atoms with Crippen LogP contribution in [-0.2, 0) is 4.79 Å². The summed E-state index contributed by atoms with van der Waals surface area (Å²) >= 11 is 0. The van der Waals surface area contributed by atoms with Crippen LogP contribution >= 0.6 is 0 Å². The summed E-state index contributed by atoms with van der Waals surface area (Å²) in [7, 11) is 0. The average molecular weight is 377 g/mol. The number of piperidine rings is 2. The van der Waals surface area contributed by atoms with Gasteiger partial charge in [0.05, 0.1) is 11.1 Å². The smallest absolute Gasteiger partial charge is 0.223 e. The van der Waals surface area contributed by atoms with E-state index in [0.29, 0.717) is 11.5 Å². The molecule has 0 bridgehead atoms. The first-order chi connectivity index (χ1) is 13.7. The van der Waals surface area contributed by atoms with Crippen molar-refractivity contribution in [2.45, 2.75) is 32.2 Å². The number of benzene rings is 1. The first kappa shape index (κ1) is 18.7. The monoisotopic (exact) mass is 377 g/mol. The van der Waals surface area contributed by atoms with Crippen molar-refractivity contribution in [2.75, 3.05) is 31.1 Å². The van der Waals surface area contributed by atoms with Gasteiger partial charge in [-0.05, 0) is 62.5 Å². The van der Waals surface area contributed by atoms with E-state index in [1.807, 2.05) is 24.3 Å². The predicted molar refractivity (Wildman–Crippen MR) is 110 cm³/mol. The number of nitrogens with zero attached hydrogens (tertiary/aromatic N) is 3. The van der Waals surface area contributed by atoms with E-state index in [2.05, 4.69) is 33.5 Å². The van der Waals surface area contributed by atoms with E-state index in [1.165, 1.54) is 0 Å². The quantitative estimate of drug-likeness (QED) is 0.859. The van der Waals surface area contributed by atoms with Crippen LogP contribution in [0.3, 0.4) is 0 Å². The number of amides is 1. The Bertz CT molecular complexity index is 899. The Balaban J connectivity index is 1.55. The Hall–Kier alpha value is -2.65. The van der Waals surface area contributed by atoms with Crippen LogP contribution in [0.15, 0.2) is 30.5 Å². The van der Waals surface area contributed by atoms with Crippen molar-refractivity contribution < 1.29 is 4.79 Å². The second kappa shape index (κ2) is 8.15. The maximum absolute atomic E-state index is 12.7. The van der Waals surface area contributed by atoms with Gasteiger partial charge in [0.25, 0.3) is 0 Å². The third-order valence-electron chi connectivity index (χ3n) is 5.92. The summed E-state index contributed by atoms with van der Waals surface area (Å²) in [6.07, 6.45) is 4.57. The molecule has 2 N–H and O–H groups in total. The lowest BCUT2D eigenvalue weighted by atomic mass is 9.92. The Morgan fingerprint density at radius 1 is 1.29 bits per heavy atom. The van der Waals surface area contributed by atoms with Gasteiger partial charge in [-0.3, -0.25) is 9.78 Å². The molecule has 0 spiro atoms. The molecule has 146 valence electrons. The SMILES string of the molecule is C[C@H]1C[C@@H](NC(=O)C2CCNCC2)CN(c2ccc(C#N)c3ncccc23)C1. The van der Waals surface area contributed by atoms with Crippen LogP contribution in [0.25, 0.3) is 10.9 Å². The molecule has 1 amide bonds. The van der Waals surface area contributed by atoms with Crippen LogP contribution in [-0.4, -0.2) is 43.1 Å². The van der Waals surface area contributed by atoms with E-state index in [1.54, 1.807) is 6.20 Å². The van der Waals surface area contributed by atoms with Gasteiger partial charge in [0.2, 0.25) is 5.91 Å². The van der Waals surface area contributed by atoms with Crippen LogP contribution in [0, 0.1) is 23.2 Å². The Morgan fingerprint density at radius 2 is 2.11 bits per heavy atom. The Kier molecular flexibility index (Phi) is 5.45. The molecule has 6 nitrogen and oxygen atoms in total. The van der Waals surface area contributed by atoms with Crippen molar-refractivity contribution in [2.24, 2.45) is 11.8 Å². The summed E-state index contributed by atoms with van der Waals surface area (Å²) in [6, 6.07) is 10.2. The number of pyridine rings is 1. The number of fused-ring (bicyclic) bond motifs is 1. The van der Waals surface area contributed by atoms with Gasteiger partial charge < -0.3 is 15.5 Å². The molecule has 2 aliphatic heterocycles. The van der Waals surface area contributed by atoms with Crippen LogP contribution in [0.5, 0.6) is 0 Å². The topological polar surface area (TPSA) is 81.0 Å². The molecular formula is C22H27N5O. The fourth-order valence-corrected chi connectivity index (χ4v) is 4.58. The number of carbonyl (C=O) groups is 1. The Labute approximate surface area is 165 Å². The van der Waals surface area contributed by atoms with E-state index >= 15 is 0 Å². The molecule has 28 heavy (non-hydrogen) atoms. The zero-order valence-electron chi connectivity index (χ0n) is 16.3. The van der Waals surface area contributed by atoms with Crippen LogP contribution in [0.1, 0.15) is 31.7 Å². The molecule has 3 heterocycles. The maximum Gasteiger partial charge on any atom is 0.223 e. The zero-order valence-corrected chi connectivity index (χ0v) is 16.3. The zero-order chi connectivity index (χ0) is 19.5. The molecule has 2 aliphatic rings. The fourth-order valence-electron chi connectivity index (χ4n) is 4.58. The minimum atomic E-state index is 0.131. The number of anilines is 1. The molecule has 0 saturated carbocycles. The van der Waals surface area contributed by atoms with Crippen LogP contribution in [0.2, 0.25) is 0 Å². The van der Waals surface area contributed by atoms with Gasteiger partial charge >= 0.3 is 0 Å². The van der Waals surface area contributed by atoms with Crippen molar-refractivity contribution in [3.63, 3.8) is 0 Å². The van der Waals surface area contributed by atoms with Crippen molar-refractivity contribution in [1.82, 2.24) is 15.6 Å². The molecule has 0 aliphatic carbocycles. The number of aromatic nitrogens is 1. The largest absolute Gasteiger partial charge is 0.369 e. The first-order valence-electron chi connectivity index (χ1n) is 10.2. The first-order valence-corrected chi connectivity index (χ1v) is 10.2. The molecular weight excluding hydrogens is 350 g/mol. The summed E-state index contributed by atoms with van der Waals surface area (Å²) in [5.41, 5.74) is 2.44. The van der Waals surface area contributed by atoms with E-state index in [9.17, 15) is 10.1 Å². The number of hydrogen-bond acceptors (Lipinski definition) is 5. The molecule has 0 radical (unpaired) electrons. The van der Waals surface area contributed by atoms with Crippen molar-refractivity contribution >= 4 is 22.5 Å². The fraction of sp³-hybridized carbons (Fsp3) is 0.500. The van der Waals surface area contributed by atoms with E-state index in [4.69, 9.17) is 0 Å². The third kappa shape index (κ3) is 3.81. The predicted octanol–water partition coefficient (Wildman–Crippen LogP) is 2.44. The number of hydrogen-bond donors (Lipinski definition) is 2. The minimum Gasteiger partial charge on any atom is -0.369 e. The summed E-state index contributed by atoms with van der Waals surface area (Å²) in [5.74, 6) is 0.813. The highest BCUT2D eigenvalue weighted by Gasteiger charge is 2.29. The lowest BCUT2D eigenvalue weighted by Gasteiger charge is -2.39. The number of carbonyl (C=O) groups excluding carboxylic acids is 1. The molecule has 6 heteroatoms. The molecule has 0 unspecified atom stereocenters.